The van der Waals surface area contributed by atoms with Gasteiger partial charge in [0.05, 0.1) is 12.0 Å². The average Bonchev–Trinajstić information content (AvgIpc) is 2.19. The lowest BCUT2D eigenvalue weighted by Crippen LogP contribution is -2.34. The molecule has 1 rings (SSSR count). The van der Waals surface area contributed by atoms with Crippen molar-refractivity contribution in [3.63, 3.8) is 0 Å². The van der Waals surface area contributed by atoms with Gasteiger partial charge in [-0.05, 0) is 33.2 Å². The highest BCUT2D eigenvalue weighted by Crippen LogP contribution is 2.15. The summed E-state index contributed by atoms with van der Waals surface area (Å²) in [4.78, 5) is 2.28. The molecule has 0 fully saturated rings. The molecule has 0 aliphatic heterocycles. The number of hydrogen-bond acceptors (Lipinski definition) is 2. The van der Waals surface area contributed by atoms with Crippen LogP contribution in [0.2, 0.25) is 0 Å². The zero-order valence-electron chi connectivity index (χ0n) is 8.53. The van der Waals surface area contributed by atoms with E-state index in [9.17, 15) is 0 Å². The quantitative estimate of drug-likeness (QED) is 0.619. The lowest BCUT2D eigenvalue weighted by atomic mass is 10.0. The Kier molecular flexibility index (Phi) is 3.98. The topological polar surface area (TPSA) is 27.0 Å². The van der Waals surface area contributed by atoms with E-state index in [0.29, 0.717) is 6.04 Å². The molecule has 0 N–H and O–H groups in total. The fourth-order valence-corrected chi connectivity index (χ4v) is 1.77. The lowest BCUT2D eigenvalue weighted by Gasteiger charge is -2.28. The molecule has 1 aliphatic rings. The summed E-state index contributed by atoms with van der Waals surface area (Å²) in [6.07, 6.45) is 8.27. The van der Waals surface area contributed by atoms with Crippen LogP contribution >= 0.6 is 0 Å². The van der Waals surface area contributed by atoms with Gasteiger partial charge in [-0.25, -0.2) is 0 Å². The number of likely N-dealkylation sites (N-methyl/N-ethyl adjacent to an activating group) is 1. The maximum absolute atomic E-state index is 8.69. The number of allylic oxidation sites excluding steroid dienone is 1. The number of rotatable bonds is 3. The fourth-order valence-electron chi connectivity index (χ4n) is 1.77. The molecule has 0 heterocycles. The summed E-state index contributed by atoms with van der Waals surface area (Å²) < 4.78 is 0. The zero-order valence-corrected chi connectivity index (χ0v) is 8.53. The summed E-state index contributed by atoms with van der Waals surface area (Å²) in [5, 5.41) is 8.69. The monoisotopic (exact) mass is 178 g/mol. The van der Waals surface area contributed by atoms with Crippen molar-refractivity contribution in [2.45, 2.75) is 32.2 Å². The minimum absolute atomic E-state index is 0.139. The molecule has 0 aromatic rings. The Morgan fingerprint density at radius 1 is 1.69 bits per heavy atom. The van der Waals surface area contributed by atoms with Crippen molar-refractivity contribution in [3.05, 3.63) is 12.2 Å². The minimum atomic E-state index is 0.139. The molecule has 0 bridgehead atoms. The molecule has 0 radical (unpaired) electrons. The first-order chi connectivity index (χ1) is 6.24. The van der Waals surface area contributed by atoms with Crippen LogP contribution in [0.3, 0.4) is 0 Å². The van der Waals surface area contributed by atoms with Crippen LogP contribution in [0.15, 0.2) is 12.2 Å². The first-order valence-corrected chi connectivity index (χ1v) is 5.00. The molecule has 1 aliphatic carbocycles. The van der Waals surface area contributed by atoms with Crippen molar-refractivity contribution in [1.82, 2.24) is 4.90 Å². The first kappa shape index (κ1) is 10.3. The van der Waals surface area contributed by atoms with Gasteiger partial charge in [0, 0.05) is 12.6 Å². The van der Waals surface area contributed by atoms with Gasteiger partial charge in [-0.2, -0.15) is 5.26 Å². The van der Waals surface area contributed by atoms with Crippen LogP contribution in [0.25, 0.3) is 0 Å². The first-order valence-electron chi connectivity index (χ1n) is 5.00. The van der Waals surface area contributed by atoms with E-state index in [0.717, 1.165) is 6.54 Å². The van der Waals surface area contributed by atoms with Crippen molar-refractivity contribution >= 4 is 0 Å². The van der Waals surface area contributed by atoms with Crippen LogP contribution in [-0.2, 0) is 0 Å². The smallest absolute Gasteiger partial charge is 0.0666 e. The van der Waals surface area contributed by atoms with Gasteiger partial charge in [0.1, 0.15) is 0 Å². The minimum Gasteiger partial charge on any atom is -0.299 e. The summed E-state index contributed by atoms with van der Waals surface area (Å²) in [5.41, 5.74) is 0. The third-order valence-corrected chi connectivity index (χ3v) is 2.58. The Bertz CT molecular complexity index is 215. The van der Waals surface area contributed by atoms with E-state index < -0.39 is 0 Å². The molecular weight excluding hydrogens is 160 g/mol. The molecular formula is C11H18N2. The van der Waals surface area contributed by atoms with E-state index in [1.54, 1.807) is 0 Å². The molecule has 0 amide bonds. The largest absolute Gasteiger partial charge is 0.299 e. The fraction of sp³-hybridized carbons (Fsp3) is 0.727. The van der Waals surface area contributed by atoms with Crippen molar-refractivity contribution in [1.29, 1.82) is 5.26 Å². The van der Waals surface area contributed by atoms with Crippen LogP contribution in [0.4, 0.5) is 0 Å². The Labute approximate surface area is 80.8 Å². The Balaban J connectivity index is 2.38. The van der Waals surface area contributed by atoms with Gasteiger partial charge in [-0.1, -0.05) is 12.2 Å². The summed E-state index contributed by atoms with van der Waals surface area (Å²) in [7, 11) is 2.11. The molecule has 2 atom stereocenters. The summed E-state index contributed by atoms with van der Waals surface area (Å²) in [6.45, 7) is 2.86. The van der Waals surface area contributed by atoms with Crippen LogP contribution in [-0.4, -0.2) is 24.5 Å². The molecule has 72 valence electrons. The molecule has 13 heavy (non-hydrogen) atoms. The van der Waals surface area contributed by atoms with E-state index in [4.69, 9.17) is 5.26 Å². The van der Waals surface area contributed by atoms with Gasteiger partial charge in [-0.15, -0.1) is 0 Å². The third-order valence-electron chi connectivity index (χ3n) is 2.58. The van der Waals surface area contributed by atoms with Crippen molar-refractivity contribution in [2.75, 3.05) is 13.6 Å². The number of hydrogen-bond donors (Lipinski definition) is 0. The van der Waals surface area contributed by atoms with Gasteiger partial charge in [0.2, 0.25) is 0 Å². The van der Waals surface area contributed by atoms with Gasteiger partial charge in [-0.3, -0.25) is 4.90 Å². The summed E-state index contributed by atoms with van der Waals surface area (Å²) in [5.74, 6) is 0.139. The van der Waals surface area contributed by atoms with Crippen molar-refractivity contribution in [2.24, 2.45) is 5.92 Å². The SMILES string of the molecule is CC(C#N)CN(C)C1C=CCCC1. The van der Waals surface area contributed by atoms with Gasteiger partial charge in [0.15, 0.2) is 0 Å². The van der Waals surface area contributed by atoms with Crippen molar-refractivity contribution in [3.8, 4) is 6.07 Å². The second kappa shape index (κ2) is 5.04. The number of nitriles is 1. The summed E-state index contributed by atoms with van der Waals surface area (Å²) >= 11 is 0. The predicted molar refractivity (Wildman–Crippen MR) is 54.2 cm³/mol. The van der Waals surface area contributed by atoms with Gasteiger partial charge >= 0.3 is 0 Å². The zero-order chi connectivity index (χ0) is 9.68. The standard InChI is InChI=1S/C11H18N2/c1-10(8-12)9-13(2)11-6-4-3-5-7-11/h4,6,10-11H,3,5,7,9H2,1-2H3. The van der Waals surface area contributed by atoms with Crippen LogP contribution in [0.1, 0.15) is 26.2 Å². The number of nitrogens with zero attached hydrogens (tertiary/aromatic N) is 2. The Morgan fingerprint density at radius 3 is 3.00 bits per heavy atom. The second-order valence-corrected chi connectivity index (χ2v) is 3.90. The van der Waals surface area contributed by atoms with Crippen molar-refractivity contribution < 1.29 is 0 Å². The van der Waals surface area contributed by atoms with Crippen LogP contribution < -0.4 is 0 Å². The maximum Gasteiger partial charge on any atom is 0.0666 e. The van der Waals surface area contributed by atoms with E-state index in [2.05, 4.69) is 30.2 Å². The Morgan fingerprint density at radius 2 is 2.46 bits per heavy atom. The highest BCUT2D eigenvalue weighted by atomic mass is 15.1. The van der Waals surface area contributed by atoms with Crippen LogP contribution in [0, 0.1) is 17.2 Å². The average molecular weight is 178 g/mol. The maximum atomic E-state index is 8.69. The molecule has 2 nitrogen and oxygen atoms in total. The van der Waals surface area contributed by atoms with E-state index in [1.165, 1.54) is 19.3 Å². The highest BCUT2D eigenvalue weighted by Gasteiger charge is 2.15. The molecule has 0 aromatic heterocycles. The summed E-state index contributed by atoms with van der Waals surface area (Å²) in [6, 6.07) is 2.83. The van der Waals surface area contributed by atoms with Gasteiger partial charge in [0.25, 0.3) is 0 Å². The van der Waals surface area contributed by atoms with Gasteiger partial charge < -0.3 is 0 Å². The van der Waals surface area contributed by atoms with E-state index in [1.807, 2.05) is 6.92 Å². The normalized spacial score (nSPS) is 24.3. The van der Waals surface area contributed by atoms with Crippen LogP contribution in [0.5, 0.6) is 0 Å². The lowest BCUT2D eigenvalue weighted by molar-refractivity contribution is 0.245. The molecule has 0 aromatic carbocycles. The predicted octanol–water partition coefficient (Wildman–Crippen LogP) is 2.19. The van der Waals surface area contributed by atoms with E-state index in [-0.39, 0.29) is 5.92 Å². The van der Waals surface area contributed by atoms with E-state index >= 15 is 0 Å². The third kappa shape index (κ3) is 3.20. The molecule has 2 unspecified atom stereocenters. The molecule has 2 heteroatoms. The second-order valence-electron chi connectivity index (χ2n) is 3.90. The molecule has 0 spiro atoms. The highest BCUT2D eigenvalue weighted by molar-refractivity contribution is 4.98. The molecule has 0 saturated heterocycles. The Hall–Kier alpha value is -0.810. The molecule has 0 saturated carbocycles.